The van der Waals surface area contributed by atoms with Crippen molar-refractivity contribution in [1.29, 1.82) is 0 Å². The van der Waals surface area contributed by atoms with Crippen LogP contribution in [0.4, 0.5) is 5.69 Å². The molecule has 112 valence electrons. The first kappa shape index (κ1) is 16.2. The number of benzene rings is 2. The summed E-state index contributed by atoms with van der Waals surface area (Å²) < 4.78 is 0. The summed E-state index contributed by atoms with van der Waals surface area (Å²) in [5.74, 6) is 0. The number of anilines is 1. The first-order valence-electron chi connectivity index (χ1n) is 6.92. The summed E-state index contributed by atoms with van der Waals surface area (Å²) >= 11 is 7.70. The first-order chi connectivity index (χ1) is 10.1. The van der Waals surface area contributed by atoms with E-state index in [4.69, 9.17) is 17.3 Å². The smallest absolute Gasteiger partial charge is 0.0511 e. The molecule has 21 heavy (non-hydrogen) atoms. The van der Waals surface area contributed by atoms with Crippen LogP contribution in [0.25, 0.3) is 0 Å². The van der Waals surface area contributed by atoms with E-state index < -0.39 is 0 Å². The van der Waals surface area contributed by atoms with Gasteiger partial charge < -0.3 is 10.6 Å². The van der Waals surface area contributed by atoms with Gasteiger partial charge in [0.25, 0.3) is 0 Å². The first-order valence-corrected chi connectivity index (χ1v) is 8.53. The summed E-state index contributed by atoms with van der Waals surface area (Å²) in [6.07, 6.45) is 2.08. The van der Waals surface area contributed by atoms with Crippen molar-refractivity contribution in [1.82, 2.24) is 0 Å². The highest BCUT2D eigenvalue weighted by Crippen LogP contribution is 2.33. The molecule has 4 heteroatoms. The van der Waals surface area contributed by atoms with Gasteiger partial charge in [0.1, 0.15) is 0 Å². The second-order valence-corrected chi connectivity index (χ2v) is 6.29. The molecule has 2 nitrogen and oxygen atoms in total. The van der Waals surface area contributed by atoms with Crippen molar-refractivity contribution in [2.75, 3.05) is 18.2 Å². The van der Waals surface area contributed by atoms with Gasteiger partial charge in [-0.1, -0.05) is 29.8 Å². The molecule has 0 spiro atoms. The van der Waals surface area contributed by atoms with Crippen LogP contribution in [0, 0.1) is 0 Å². The molecule has 2 aromatic carbocycles. The highest BCUT2D eigenvalue weighted by molar-refractivity contribution is 7.98. The van der Waals surface area contributed by atoms with Gasteiger partial charge in [0, 0.05) is 34.8 Å². The fourth-order valence-corrected chi connectivity index (χ4v) is 3.23. The third-order valence-electron chi connectivity index (χ3n) is 3.85. The van der Waals surface area contributed by atoms with E-state index in [0.717, 1.165) is 5.02 Å². The molecular formula is C17H21ClN2S. The van der Waals surface area contributed by atoms with Crippen LogP contribution in [0.3, 0.4) is 0 Å². The van der Waals surface area contributed by atoms with E-state index in [0.29, 0.717) is 6.54 Å². The van der Waals surface area contributed by atoms with Crippen molar-refractivity contribution in [3.8, 4) is 0 Å². The third kappa shape index (κ3) is 3.54. The maximum Gasteiger partial charge on any atom is 0.0511 e. The van der Waals surface area contributed by atoms with Gasteiger partial charge in [0.15, 0.2) is 0 Å². The molecule has 0 amide bonds. The summed E-state index contributed by atoms with van der Waals surface area (Å²) in [6, 6.07) is 14.6. The molecule has 0 aliphatic heterocycles. The van der Waals surface area contributed by atoms with E-state index in [9.17, 15) is 0 Å². The van der Waals surface area contributed by atoms with Gasteiger partial charge in [-0.25, -0.2) is 0 Å². The van der Waals surface area contributed by atoms with Crippen molar-refractivity contribution in [3.63, 3.8) is 0 Å². The summed E-state index contributed by atoms with van der Waals surface area (Å²) in [6.45, 7) is 2.74. The Balaban J connectivity index is 2.35. The van der Waals surface area contributed by atoms with Crippen LogP contribution in [-0.4, -0.2) is 13.3 Å². The van der Waals surface area contributed by atoms with Crippen molar-refractivity contribution in [2.24, 2.45) is 5.73 Å². The van der Waals surface area contributed by atoms with Crippen LogP contribution >= 0.6 is 23.4 Å². The predicted octanol–water partition coefficient (Wildman–Crippen LogP) is 4.72. The SMILES string of the molecule is CSc1cccc(N(C)C(C)c2ccc(Cl)cc2)c1CN. The molecular weight excluding hydrogens is 300 g/mol. The average Bonchev–Trinajstić information content (AvgIpc) is 2.53. The molecule has 2 aromatic rings. The van der Waals surface area contributed by atoms with Gasteiger partial charge in [-0.3, -0.25) is 0 Å². The molecule has 0 heterocycles. The van der Waals surface area contributed by atoms with E-state index in [1.165, 1.54) is 21.7 Å². The van der Waals surface area contributed by atoms with Gasteiger partial charge in [-0.05, 0) is 43.0 Å². The van der Waals surface area contributed by atoms with E-state index in [-0.39, 0.29) is 6.04 Å². The highest BCUT2D eigenvalue weighted by atomic mass is 35.5. The minimum atomic E-state index is 0.254. The number of nitrogens with zero attached hydrogens (tertiary/aromatic N) is 1. The lowest BCUT2D eigenvalue weighted by molar-refractivity contribution is 0.732. The van der Waals surface area contributed by atoms with Crippen molar-refractivity contribution < 1.29 is 0 Å². The van der Waals surface area contributed by atoms with Crippen molar-refractivity contribution in [2.45, 2.75) is 24.4 Å². The Morgan fingerprint density at radius 1 is 1.19 bits per heavy atom. The van der Waals surface area contributed by atoms with Crippen LogP contribution in [0.15, 0.2) is 47.4 Å². The number of hydrogen-bond acceptors (Lipinski definition) is 3. The Kier molecular flexibility index (Phi) is 5.57. The van der Waals surface area contributed by atoms with E-state index >= 15 is 0 Å². The van der Waals surface area contributed by atoms with Crippen LogP contribution < -0.4 is 10.6 Å². The van der Waals surface area contributed by atoms with Gasteiger partial charge in [-0.2, -0.15) is 0 Å². The zero-order valence-corrected chi connectivity index (χ0v) is 14.2. The van der Waals surface area contributed by atoms with Crippen LogP contribution in [0.2, 0.25) is 5.02 Å². The summed E-state index contributed by atoms with van der Waals surface area (Å²) in [4.78, 5) is 3.51. The Bertz CT molecular complexity index is 598. The van der Waals surface area contributed by atoms with E-state index in [2.05, 4.69) is 55.5 Å². The molecule has 0 aliphatic carbocycles. The van der Waals surface area contributed by atoms with Crippen LogP contribution in [0.1, 0.15) is 24.1 Å². The van der Waals surface area contributed by atoms with Gasteiger partial charge in [0.2, 0.25) is 0 Å². The van der Waals surface area contributed by atoms with Crippen LogP contribution in [0.5, 0.6) is 0 Å². The molecule has 0 aromatic heterocycles. The fourth-order valence-electron chi connectivity index (χ4n) is 2.45. The minimum Gasteiger partial charge on any atom is -0.368 e. The second-order valence-electron chi connectivity index (χ2n) is 5.00. The van der Waals surface area contributed by atoms with Gasteiger partial charge >= 0.3 is 0 Å². The Morgan fingerprint density at radius 2 is 1.86 bits per heavy atom. The number of rotatable bonds is 5. The molecule has 1 atom stereocenters. The number of nitrogens with two attached hydrogens (primary N) is 1. The average molecular weight is 321 g/mol. The monoisotopic (exact) mass is 320 g/mol. The van der Waals surface area contributed by atoms with Crippen LogP contribution in [-0.2, 0) is 6.54 Å². The molecule has 0 bridgehead atoms. The maximum absolute atomic E-state index is 5.97. The minimum absolute atomic E-state index is 0.254. The molecule has 2 rings (SSSR count). The zero-order chi connectivity index (χ0) is 15.4. The quantitative estimate of drug-likeness (QED) is 0.808. The largest absolute Gasteiger partial charge is 0.368 e. The molecule has 1 unspecified atom stereocenters. The lowest BCUT2D eigenvalue weighted by Crippen LogP contribution is -2.23. The fraction of sp³-hybridized carbons (Fsp3) is 0.294. The molecule has 0 radical (unpaired) electrons. The Labute approximate surface area is 136 Å². The third-order valence-corrected chi connectivity index (χ3v) is 4.92. The second kappa shape index (κ2) is 7.21. The molecule has 0 aliphatic rings. The maximum atomic E-state index is 5.97. The molecule has 2 N–H and O–H groups in total. The summed E-state index contributed by atoms with van der Waals surface area (Å²) in [5.41, 5.74) is 9.59. The van der Waals surface area contributed by atoms with Gasteiger partial charge in [0.05, 0.1) is 6.04 Å². The van der Waals surface area contributed by atoms with Crippen molar-refractivity contribution in [3.05, 3.63) is 58.6 Å². The lowest BCUT2D eigenvalue weighted by Gasteiger charge is -2.30. The number of thioether (sulfide) groups is 1. The lowest BCUT2D eigenvalue weighted by atomic mass is 10.1. The Hall–Kier alpha value is -1.16. The number of halogens is 1. The predicted molar refractivity (Wildman–Crippen MR) is 94.4 cm³/mol. The van der Waals surface area contributed by atoms with E-state index in [1.54, 1.807) is 11.8 Å². The standard InChI is InChI=1S/C17H21ClN2S/c1-12(13-7-9-14(18)10-8-13)20(2)16-5-4-6-17(21-3)15(16)11-19/h4-10,12H,11,19H2,1-3H3. The normalized spacial score (nSPS) is 12.2. The van der Waals surface area contributed by atoms with E-state index in [1.807, 2.05) is 12.1 Å². The molecule has 0 fully saturated rings. The number of hydrogen-bond donors (Lipinski definition) is 1. The summed E-state index contributed by atoms with van der Waals surface area (Å²) in [5, 5.41) is 0.764. The van der Waals surface area contributed by atoms with Crippen molar-refractivity contribution >= 4 is 29.1 Å². The highest BCUT2D eigenvalue weighted by Gasteiger charge is 2.16. The van der Waals surface area contributed by atoms with Gasteiger partial charge in [-0.15, -0.1) is 11.8 Å². The molecule has 0 saturated carbocycles. The Morgan fingerprint density at radius 3 is 2.43 bits per heavy atom. The zero-order valence-electron chi connectivity index (χ0n) is 12.6. The summed E-state index contributed by atoms with van der Waals surface area (Å²) in [7, 11) is 2.11. The molecule has 0 saturated heterocycles. The topological polar surface area (TPSA) is 29.3 Å².